The number of amides is 1. The van der Waals surface area contributed by atoms with Crippen molar-refractivity contribution in [2.45, 2.75) is 19.9 Å². The van der Waals surface area contributed by atoms with E-state index in [-0.39, 0.29) is 5.91 Å². The molecule has 0 fully saturated rings. The quantitative estimate of drug-likeness (QED) is 0.645. The van der Waals surface area contributed by atoms with Gasteiger partial charge < -0.3 is 18.8 Å². The number of aryl methyl sites for hydroxylation is 1. The number of benzene rings is 2. The third-order valence-electron chi connectivity index (χ3n) is 4.16. The van der Waals surface area contributed by atoms with Crippen molar-refractivity contribution in [1.29, 1.82) is 0 Å². The normalized spacial score (nSPS) is 11.6. The van der Waals surface area contributed by atoms with Gasteiger partial charge >= 0.3 is 0 Å². The summed E-state index contributed by atoms with van der Waals surface area (Å²) in [6.07, 6.45) is 0.918. The number of hydrogen-bond acceptors (Lipinski definition) is 5. The zero-order valence-corrected chi connectivity index (χ0v) is 16.6. The maximum Gasteiger partial charge on any atom is 0.279 e. The van der Waals surface area contributed by atoms with E-state index in [1.54, 1.807) is 32.4 Å². The summed E-state index contributed by atoms with van der Waals surface area (Å²) in [5.74, 6) is 1.52. The zero-order chi connectivity index (χ0) is 19.4. The summed E-state index contributed by atoms with van der Waals surface area (Å²) in [7, 11) is 4.74. The van der Waals surface area contributed by atoms with Gasteiger partial charge in [-0.25, -0.2) is 0 Å². The molecule has 1 aromatic heterocycles. The lowest BCUT2D eigenvalue weighted by Crippen LogP contribution is -2.17. The molecular formula is C20H22N2O4S. The van der Waals surface area contributed by atoms with E-state index < -0.39 is 0 Å². The molecule has 0 N–H and O–H groups in total. The maximum atomic E-state index is 12.8. The summed E-state index contributed by atoms with van der Waals surface area (Å²) in [6.45, 7) is 2.84. The Kier molecular flexibility index (Phi) is 5.81. The summed E-state index contributed by atoms with van der Waals surface area (Å²) in [5, 5.41) is 0. The van der Waals surface area contributed by atoms with Crippen LogP contribution in [0.5, 0.6) is 17.2 Å². The van der Waals surface area contributed by atoms with E-state index >= 15 is 0 Å². The molecule has 0 unspecified atom stereocenters. The molecule has 0 atom stereocenters. The predicted molar refractivity (Wildman–Crippen MR) is 106 cm³/mol. The van der Waals surface area contributed by atoms with Gasteiger partial charge in [0.05, 0.1) is 26.0 Å². The molecule has 0 aliphatic heterocycles. The summed E-state index contributed by atoms with van der Waals surface area (Å²) in [4.78, 5) is 17.8. The van der Waals surface area contributed by atoms with Gasteiger partial charge in [0.2, 0.25) is 0 Å². The maximum absolute atomic E-state index is 12.8. The molecule has 27 heavy (non-hydrogen) atoms. The number of ether oxygens (including phenoxy) is 3. The molecule has 3 aromatic rings. The molecule has 7 heteroatoms. The van der Waals surface area contributed by atoms with Crippen molar-refractivity contribution >= 4 is 27.5 Å². The van der Waals surface area contributed by atoms with Crippen LogP contribution in [0.2, 0.25) is 0 Å². The Bertz CT molecular complexity index is 1040. The third-order valence-corrected chi connectivity index (χ3v) is 5.20. The van der Waals surface area contributed by atoms with Crippen LogP contribution < -0.4 is 19.0 Å². The van der Waals surface area contributed by atoms with Crippen molar-refractivity contribution in [1.82, 2.24) is 4.57 Å². The van der Waals surface area contributed by atoms with E-state index in [4.69, 9.17) is 14.2 Å². The number of rotatable bonds is 6. The number of methoxy groups -OCH3 is 3. The molecule has 0 saturated heterocycles. The fourth-order valence-electron chi connectivity index (χ4n) is 2.90. The fraction of sp³-hybridized carbons (Fsp3) is 0.300. The second-order valence-corrected chi connectivity index (χ2v) is 6.84. The second kappa shape index (κ2) is 8.26. The molecule has 1 heterocycles. The van der Waals surface area contributed by atoms with Gasteiger partial charge in [-0.3, -0.25) is 4.79 Å². The molecule has 3 rings (SSSR count). The van der Waals surface area contributed by atoms with Gasteiger partial charge in [-0.05, 0) is 36.8 Å². The van der Waals surface area contributed by atoms with Gasteiger partial charge in [0.1, 0.15) is 11.3 Å². The minimum absolute atomic E-state index is 0.327. The lowest BCUT2D eigenvalue weighted by Gasteiger charge is -2.08. The Labute approximate surface area is 161 Å². The average molecular weight is 386 g/mol. The number of fused-ring (bicyclic) bond motifs is 1. The van der Waals surface area contributed by atoms with Crippen LogP contribution in [0, 0.1) is 0 Å². The SMILES string of the molecule is CCCn1c(=NC(=O)c2ccc(OC)c(OC)c2)sc2cccc(OC)c21. The highest BCUT2D eigenvalue weighted by Crippen LogP contribution is 2.29. The van der Waals surface area contributed by atoms with E-state index in [9.17, 15) is 4.79 Å². The van der Waals surface area contributed by atoms with Crippen LogP contribution in [-0.2, 0) is 6.54 Å². The molecule has 1 amide bonds. The first-order chi connectivity index (χ1) is 13.1. The molecule has 0 radical (unpaired) electrons. The van der Waals surface area contributed by atoms with Crippen LogP contribution >= 0.6 is 11.3 Å². The van der Waals surface area contributed by atoms with E-state index in [0.29, 0.717) is 21.9 Å². The Morgan fingerprint density at radius 2 is 1.78 bits per heavy atom. The zero-order valence-electron chi connectivity index (χ0n) is 15.8. The number of aromatic nitrogens is 1. The second-order valence-electron chi connectivity index (χ2n) is 5.83. The van der Waals surface area contributed by atoms with Gasteiger partial charge in [-0.15, -0.1) is 0 Å². The number of carbonyl (C=O) groups is 1. The minimum Gasteiger partial charge on any atom is -0.495 e. The first-order valence-corrected chi connectivity index (χ1v) is 9.42. The van der Waals surface area contributed by atoms with Gasteiger partial charge in [0.25, 0.3) is 5.91 Å². The fourth-order valence-corrected chi connectivity index (χ4v) is 3.97. The summed E-state index contributed by atoms with van der Waals surface area (Å²) in [6, 6.07) is 10.9. The van der Waals surface area contributed by atoms with E-state index in [0.717, 1.165) is 28.9 Å². The Morgan fingerprint density at radius 1 is 1.04 bits per heavy atom. The van der Waals surface area contributed by atoms with E-state index in [1.807, 2.05) is 22.8 Å². The van der Waals surface area contributed by atoms with Crippen molar-refractivity contribution in [2.75, 3.05) is 21.3 Å². The van der Waals surface area contributed by atoms with Crippen LogP contribution in [0.1, 0.15) is 23.7 Å². The molecule has 0 aliphatic carbocycles. The highest BCUT2D eigenvalue weighted by molar-refractivity contribution is 7.16. The van der Waals surface area contributed by atoms with Crippen LogP contribution in [0.25, 0.3) is 10.2 Å². The average Bonchev–Trinajstić information content (AvgIpc) is 3.04. The number of para-hydroxylation sites is 1. The summed E-state index contributed by atoms with van der Waals surface area (Å²) < 4.78 is 19.1. The Hall–Kier alpha value is -2.80. The summed E-state index contributed by atoms with van der Waals surface area (Å²) in [5.41, 5.74) is 1.41. The number of carbonyl (C=O) groups excluding carboxylic acids is 1. The molecule has 0 saturated carbocycles. The molecule has 142 valence electrons. The molecule has 2 aromatic carbocycles. The van der Waals surface area contributed by atoms with Crippen LogP contribution in [0.15, 0.2) is 41.4 Å². The van der Waals surface area contributed by atoms with E-state index in [2.05, 4.69) is 11.9 Å². The van der Waals surface area contributed by atoms with Gasteiger partial charge in [0, 0.05) is 12.1 Å². The number of hydrogen-bond donors (Lipinski definition) is 0. The number of nitrogens with zero attached hydrogens (tertiary/aromatic N) is 2. The minimum atomic E-state index is -0.327. The third kappa shape index (κ3) is 3.68. The van der Waals surface area contributed by atoms with Gasteiger partial charge in [-0.1, -0.05) is 24.3 Å². The van der Waals surface area contributed by atoms with Crippen molar-refractivity contribution < 1.29 is 19.0 Å². The largest absolute Gasteiger partial charge is 0.495 e. The van der Waals surface area contributed by atoms with Crippen LogP contribution in [0.4, 0.5) is 0 Å². The van der Waals surface area contributed by atoms with Crippen LogP contribution in [0.3, 0.4) is 0 Å². The monoisotopic (exact) mass is 386 g/mol. The standard InChI is InChI=1S/C20H22N2O4S/c1-5-11-22-18-15(25-3)7-6-8-17(18)27-20(22)21-19(23)13-9-10-14(24-2)16(12-13)26-4/h6-10,12H,5,11H2,1-4H3. The molecule has 0 spiro atoms. The lowest BCUT2D eigenvalue weighted by atomic mass is 10.2. The predicted octanol–water partition coefficient (Wildman–Crippen LogP) is 3.88. The molecule has 0 bridgehead atoms. The van der Waals surface area contributed by atoms with Crippen LogP contribution in [-0.4, -0.2) is 31.8 Å². The topological polar surface area (TPSA) is 62.1 Å². The molecule has 0 aliphatic rings. The van der Waals surface area contributed by atoms with Crippen molar-refractivity contribution in [3.05, 3.63) is 46.8 Å². The highest BCUT2D eigenvalue weighted by atomic mass is 32.1. The van der Waals surface area contributed by atoms with Crippen molar-refractivity contribution in [3.8, 4) is 17.2 Å². The van der Waals surface area contributed by atoms with Crippen molar-refractivity contribution in [3.63, 3.8) is 0 Å². The van der Waals surface area contributed by atoms with E-state index in [1.165, 1.54) is 18.4 Å². The summed E-state index contributed by atoms with van der Waals surface area (Å²) >= 11 is 1.47. The molecule has 6 nitrogen and oxygen atoms in total. The van der Waals surface area contributed by atoms with Gasteiger partial charge in [-0.2, -0.15) is 4.99 Å². The first-order valence-electron chi connectivity index (χ1n) is 8.60. The van der Waals surface area contributed by atoms with Gasteiger partial charge in [0.15, 0.2) is 16.3 Å². The van der Waals surface area contributed by atoms with Crippen molar-refractivity contribution in [2.24, 2.45) is 4.99 Å². The Balaban J connectivity index is 2.12. The smallest absolute Gasteiger partial charge is 0.279 e. The lowest BCUT2D eigenvalue weighted by molar-refractivity contribution is 0.0997. The highest BCUT2D eigenvalue weighted by Gasteiger charge is 2.14. The Morgan fingerprint density at radius 3 is 2.44 bits per heavy atom. The number of thiazole rings is 1. The first kappa shape index (κ1) is 19.0. The molecular weight excluding hydrogens is 364 g/mol.